The predicted octanol–water partition coefficient (Wildman–Crippen LogP) is 2.60. The highest BCUT2D eigenvalue weighted by Gasteiger charge is 2.23. The van der Waals surface area contributed by atoms with Crippen molar-refractivity contribution in [3.05, 3.63) is 53.5 Å². The standard InChI is InChI=1S/C21H25FN4O2/c1-25-20(19(24)21(27)26-13-5-3-6-13)15-8-4-7-14(18(15)23)16-11-12(22)9-10-17(16)28-2/h4,7-11,13,25H,3,5-6,23-24H2,1-2H3,(H,26,27)/b20-19+. The minimum atomic E-state index is -0.399. The van der Waals surface area contributed by atoms with Crippen LogP contribution in [0.25, 0.3) is 16.8 Å². The van der Waals surface area contributed by atoms with Gasteiger partial charge < -0.3 is 26.8 Å². The van der Waals surface area contributed by atoms with Crippen LogP contribution in [0.4, 0.5) is 10.1 Å². The molecule has 0 aromatic heterocycles. The number of nitrogens with one attached hydrogen (secondary N) is 2. The van der Waals surface area contributed by atoms with Crippen LogP contribution in [0.3, 0.4) is 0 Å². The van der Waals surface area contributed by atoms with Gasteiger partial charge in [0, 0.05) is 35.5 Å². The summed E-state index contributed by atoms with van der Waals surface area (Å²) in [6.07, 6.45) is 3.04. The molecule has 0 unspecified atom stereocenters. The van der Waals surface area contributed by atoms with Gasteiger partial charge in [0.1, 0.15) is 17.3 Å². The van der Waals surface area contributed by atoms with E-state index in [9.17, 15) is 9.18 Å². The second kappa shape index (κ2) is 8.21. The highest BCUT2D eigenvalue weighted by atomic mass is 19.1. The zero-order chi connectivity index (χ0) is 20.3. The number of amides is 1. The van der Waals surface area contributed by atoms with Crippen molar-refractivity contribution in [3.8, 4) is 16.9 Å². The average Bonchev–Trinajstić information content (AvgIpc) is 2.66. The zero-order valence-corrected chi connectivity index (χ0v) is 16.0. The summed E-state index contributed by atoms with van der Waals surface area (Å²) in [5, 5.41) is 5.90. The number of carbonyl (C=O) groups is 1. The molecule has 2 aromatic rings. The monoisotopic (exact) mass is 384 g/mol. The van der Waals surface area contributed by atoms with Crippen LogP contribution < -0.4 is 26.8 Å². The zero-order valence-electron chi connectivity index (χ0n) is 16.0. The van der Waals surface area contributed by atoms with Crippen molar-refractivity contribution in [1.82, 2.24) is 10.6 Å². The van der Waals surface area contributed by atoms with Crippen LogP contribution in [0.5, 0.6) is 5.75 Å². The van der Waals surface area contributed by atoms with Crippen LogP contribution in [0, 0.1) is 5.82 Å². The van der Waals surface area contributed by atoms with Gasteiger partial charge in [-0.1, -0.05) is 18.2 Å². The first-order valence-electron chi connectivity index (χ1n) is 9.17. The van der Waals surface area contributed by atoms with Gasteiger partial charge in [-0.25, -0.2) is 4.39 Å². The summed E-state index contributed by atoms with van der Waals surface area (Å²) in [6, 6.07) is 9.72. The molecule has 0 aliphatic heterocycles. The molecule has 148 valence electrons. The lowest BCUT2D eigenvalue weighted by Gasteiger charge is -2.27. The van der Waals surface area contributed by atoms with E-state index in [1.807, 2.05) is 0 Å². The molecule has 6 nitrogen and oxygen atoms in total. The molecule has 1 amide bonds. The van der Waals surface area contributed by atoms with E-state index in [0.717, 1.165) is 19.3 Å². The maximum absolute atomic E-state index is 13.8. The third-order valence-electron chi connectivity index (χ3n) is 5.03. The number of anilines is 1. The number of ether oxygens (including phenoxy) is 1. The van der Waals surface area contributed by atoms with Gasteiger partial charge in [0.15, 0.2) is 0 Å². The number of halogens is 1. The van der Waals surface area contributed by atoms with Crippen molar-refractivity contribution in [3.63, 3.8) is 0 Å². The van der Waals surface area contributed by atoms with Crippen molar-refractivity contribution in [2.24, 2.45) is 5.73 Å². The fraction of sp³-hybridized carbons (Fsp3) is 0.286. The molecule has 1 saturated carbocycles. The number of nitrogen functional groups attached to an aromatic ring is 1. The Hall–Kier alpha value is -3.22. The Bertz CT molecular complexity index is 923. The Morgan fingerprint density at radius 2 is 1.96 bits per heavy atom. The maximum Gasteiger partial charge on any atom is 0.269 e. The Kier molecular flexibility index (Phi) is 5.73. The molecule has 0 heterocycles. The summed E-state index contributed by atoms with van der Waals surface area (Å²) in [4.78, 5) is 12.5. The maximum atomic E-state index is 13.8. The van der Waals surface area contributed by atoms with E-state index in [2.05, 4.69) is 10.6 Å². The van der Waals surface area contributed by atoms with Crippen molar-refractivity contribution in [2.45, 2.75) is 25.3 Å². The van der Waals surface area contributed by atoms with Gasteiger partial charge in [-0.2, -0.15) is 0 Å². The van der Waals surface area contributed by atoms with Crippen molar-refractivity contribution in [2.75, 3.05) is 19.9 Å². The number of benzene rings is 2. The normalized spacial score (nSPS) is 14.7. The number of hydrogen-bond donors (Lipinski definition) is 4. The van der Waals surface area contributed by atoms with Gasteiger partial charge in [0.05, 0.1) is 12.8 Å². The fourth-order valence-corrected chi connectivity index (χ4v) is 3.25. The lowest BCUT2D eigenvalue weighted by molar-refractivity contribution is -0.118. The molecular formula is C21H25FN4O2. The summed E-state index contributed by atoms with van der Waals surface area (Å²) in [5.41, 5.74) is 15.1. The summed E-state index contributed by atoms with van der Waals surface area (Å²) in [7, 11) is 3.19. The summed E-state index contributed by atoms with van der Waals surface area (Å²) < 4.78 is 19.2. The SMILES string of the molecule is CN/C(=C(/N)C(=O)NC1CCC1)c1cccc(-c2cc(F)ccc2OC)c1N. The molecule has 28 heavy (non-hydrogen) atoms. The smallest absolute Gasteiger partial charge is 0.269 e. The van der Waals surface area contributed by atoms with Crippen LogP contribution in [0.15, 0.2) is 42.1 Å². The van der Waals surface area contributed by atoms with E-state index >= 15 is 0 Å². The number of carbonyl (C=O) groups excluding carboxylic acids is 1. The number of nitrogens with two attached hydrogens (primary N) is 2. The number of hydrogen-bond acceptors (Lipinski definition) is 5. The Labute approximate surface area is 163 Å². The molecule has 0 atom stereocenters. The quantitative estimate of drug-likeness (QED) is 0.453. The van der Waals surface area contributed by atoms with E-state index in [-0.39, 0.29) is 17.6 Å². The Morgan fingerprint density at radius 1 is 1.21 bits per heavy atom. The minimum Gasteiger partial charge on any atom is -0.496 e. The lowest BCUT2D eigenvalue weighted by atomic mass is 9.93. The van der Waals surface area contributed by atoms with Crippen LogP contribution >= 0.6 is 0 Å². The van der Waals surface area contributed by atoms with Crippen LogP contribution in [0.2, 0.25) is 0 Å². The van der Waals surface area contributed by atoms with Gasteiger partial charge in [0.25, 0.3) is 5.91 Å². The van der Waals surface area contributed by atoms with E-state index in [1.165, 1.54) is 19.2 Å². The second-order valence-electron chi connectivity index (χ2n) is 6.75. The Balaban J connectivity index is 2.05. The molecule has 3 rings (SSSR count). The van der Waals surface area contributed by atoms with E-state index < -0.39 is 5.82 Å². The first-order valence-corrected chi connectivity index (χ1v) is 9.17. The van der Waals surface area contributed by atoms with E-state index in [0.29, 0.717) is 33.8 Å². The molecule has 2 aromatic carbocycles. The molecule has 0 saturated heterocycles. The summed E-state index contributed by atoms with van der Waals surface area (Å²) in [6.45, 7) is 0. The third-order valence-corrected chi connectivity index (χ3v) is 5.03. The molecule has 0 radical (unpaired) electrons. The molecule has 7 heteroatoms. The predicted molar refractivity (Wildman–Crippen MR) is 109 cm³/mol. The molecule has 1 fully saturated rings. The lowest BCUT2D eigenvalue weighted by Crippen LogP contribution is -2.42. The molecule has 6 N–H and O–H groups in total. The van der Waals surface area contributed by atoms with Crippen LogP contribution in [-0.2, 0) is 4.79 Å². The van der Waals surface area contributed by atoms with Gasteiger partial charge in [-0.3, -0.25) is 4.79 Å². The van der Waals surface area contributed by atoms with Gasteiger partial charge in [0.2, 0.25) is 0 Å². The largest absolute Gasteiger partial charge is 0.496 e. The molecular weight excluding hydrogens is 359 g/mol. The first-order chi connectivity index (χ1) is 13.5. The summed E-state index contributed by atoms with van der Waals surface area (Å²) >= 11 is 0. The Morgan fingerprint density at radius 3 is 2.57 bits per heavy atom. The van der Waals surface area contributed by atoms with Crippen molar-refractivity contribution in [1.29, 1.82) is 0 Å². The second-order valence-corrected chi connectivity index (χ2v) is 6.75. The molecule has 0 spiro atoms. The third kappa shape index (κ3) is 3.74. The summed E-state index contributed by atoms with van der Waals surface area (Å²) in [5.74, 6) is -0.234. The number of para-hydroxylation sites is 1. The van der Waals surface area contributed by atoms with Crippen LogP contribution in [0.1, 0.15) is 24.8 Å². The van der Waals surface area contributed by atoms with Gasteiger partial charge in [-0.05, 0) is 37.5 Å². The molecule has 0 bridgehead atoms. The van der Waals surface area contributed by atoms with Gasteiger partial charge >= 0.3 is 0 Å². The minimum absolute atomic E-state index is 0.0597. The fourth-order valence-electron chi connectivity index (χ4n) is 3.25. The molecule has 1 aliphatic rings. The van der Waals surface area contributed by atoms with E-state index in [4.69, 9.17) is 16.2 Å². The molecule has 1 aliphatic carbocycles. The number of rotatable bonds is 6. The van der Waals surface area contributed by atoms with Crippen molar-refractivity contribution < 1.29 is 13.9 Å². The average molecular weight is 384 g/mol. The highest BCUT2D eigenvalue weighted by molar-refractivity contribution is 6.02. The van der Waals surface area contributed by atoms with E-state index in [1.54, 1.807) is 31.3 Å². The van der Waals surface area contributed by atoms with Crippen molar-refractivity contribution >= 4 is 17.3 Å². The van der Waals surface area contributed by atoms with Crippen LogP contribution in [-0.4, -0.2) is 26.1 Å². The first kappa shape index (κ1) is 19.5. The number of methoxy groups -OCH3 is 1. The topological polar surface area (TPSA) is 102 Å². The van der Waals surface area contributed by atoms with Gasteiger partial charge in [-0.15, -0.1) is 0 Å². The highest BCUT2D eigenvalue weighted by Crippen LogP contribution is 2.37.